The summed E-state index contributed by atoms with van der Waals surface area (Å²) in [5, 5.41) is 0. The number of aryl methyl sites for hydroxylation is 1. The van der Waals surface area contributed by atoms with Gasteiger partial charge >= 0.3 is 12.1 Å². The number of esters is 1. The van der Waals surface area contributed by atoms with Crippen LogP contribution < -0.4 is 0 Å². The summed E-state index contributed by atoms with van der Waals surface area (Å²) in [5.74, 6) is -0.123. The first kappa shape index (κ1) is 25.8. The van der Waals surface area contributed by atoms with Crippen molar-refractivity contribution in [2.75, 3.05) is 32.8 Å². The Balaban J connectivity index is 1.50. The molecule has 1 heterocycles. The quantitative estimate of drug-likeness (QED) is 0.495. The predicted octanol–water partition coefficient (Wildman–Crippen LogP) is 5.29. The van der Waals surface area contributed by atoms with Crippen LogP contribution in [0.25, 0.3) is 11.1 Å². The third-order valence-corrected chi connectivity index (χ3v) is 5.80. The van der Waals surface area contributed by atoms with Crippen molar-refractivity contribution in [1.82, 2.24) is 9.80 Å². The fraction of sp³-hybridized carbons (Fsp3) is 0.500. The van der Waals surface area contributed by atoms with E-state index in [9.17, 15) is 9.59 Å². The van der Waals surface area contributed by atoms with Crippen LogP contribution in [-0.4, -0.2) is 60.2 Å². The maximum atomic E-state index is 12.3. The Morgan fingerprint density at radius 3 is 2.26 bits per heavy atom. The van der Waals surface area contributed by atoms with Crippen LogP contribution in [0.3, 0.4) is 0 Å². The molecule has 0 atom stereocenters. The average Bonchev–Trinajstić information content (AvgIpc) is 2.79. The van der Waals surface area contributed by atoms with Crippen LogP contribution in [0, 0.1) is 0 Å². The smallest absolute Gasteiger partial charge is 0.410 e. The molecule has 0 aliphatic carbocycles. The number of carbonyl (C=O) groups excluding carboxylic acids is 2. The number of benzene rings is 2. The van der Waals surface area contributed by atoms with Gasteiger partial charge in [0, 0.05) is 39.1 Å². The van der Waals surface area contributed by atoms with Crippen molar-refractivity contribution >= 4 is 12.1 Å². The monoisotopic (exact) mass is 466 g/mol. The number of rotatable bonds is 8. The van der Waals surface area contributed by atoms with Crippen molar-refractivity contribution in [2.45, 2.75) is 59.1 Å². The van der Waals surface area contributed by atoms with Crippen molar-refractivity contribution < 1.29 is 19.1 Å². The summed E-state index contributed by atoms with van der Waals surface area (Å²) in [7, 11) is 0. The second kappa shape index (κ2) is 12.0. The Kier molecular flexibility index (Phi) is 9.11. The van der Waals surface area contributed by atoms with Crippen molar-refractivity contribution in [2.24, 2.45) is 0 Å². The number of ether oxygens (including phenoxy) is 2. The molecule has 0 spiro atoms. The van der Waals surface area contributed by atoms with Gasteiger partial charge in [0.15, 0.2) is 0 Å². The van der Waals surface area contributed by atoms with E-state index in [0.717, 1.165) is 32.5 Å². The number of hydrogen-bond acceptors (Lipinski definition) is 5. The molecule has 0 N–H and O–H groups in total. The first-order chi connectivity index (χ1) is 16.2. The predicted molar refractivity (Wildman–Crippen MR) is 135 cm³/mol. The SMILES string of the molecule is CCOC(=O)CCCc1ccc(-c2cccc(CN3CCN(C(=O)OC(C)(C)C)CC3)c2)cc1. The highest BCUT2D eigenvalue weighted by Crippen LogP contribution is 2.23. The van der Waals surface area contributed by atoms with E-state index in [4.69, 9.17) is 9.47 Å². The highest BCUT2D eigenvalue weighted by molar-refractivity contribution is 5.69. The van der Waals surface area contributed by atoms with E-state index >= 15 is 0 Å². The van der Waals surface area contributed by atoms with Crippen molar-refractivity contribution in [3.8, 4) is 11.1 Å². The minimum absolute atomic E-state index is 0.123. The standard InChI is InChI=1S/C28H38N2O4/c1-5-33-26(31)11-7-8-22-12-14-24(15-13-22)25-10-6-9-23(20-25)21-29-16-18-30(19-17-29)27(32)34-28(2,3)4/h6,9-10,12-15,20H,5,7-8,11,16-19,21H2,1-4H3. The Morgan fingerprint density at radius 1 is 0.912 bits per heavy atom. The molecule has 0 saturated carbocycles. The minimum Gasteiger partial charge on any atom is -0.466 e. The van der Waals surface area contributed by atoms with Crippen LogP contribution in [0.5, 0.6) is 0 Å². The van der Waals surface area contributed by atoms with Gasteiger partial charge in [0.1, 0.15) is 5.60 Å². The summed E-state index contributed by atoms with van der Waals surface area (Å²) in [4.78, 5) is 28.0. The van der Waals surface area contributed by atoms with Gasteiger partial charge in [-0.05, 0) is 68.9 Å². The first-order valence-electron chi connectivity index (χ1n) is 12.3. The Hall–Kier alpha value is -2.86. The van der Waals surface area contributed by atoms with Crippen molar-refractivity contribution in [1.29, 1.82) is 0 Å². The largest absolute Gasteiger partial charge is 0.466 e. The minimum atomic E-state index is -0.463. The van der Waals surface area contributed by atoms with E-state index in [1.165, 1.54) is 22.3 Å². The molecule has 1 aliphatic rings. The lowest BCUT2D eigenvalue weighted by Gasteiger charge is -2.35. The number of hydrogen-bond donors (Lipinski definition) is 0. The summed E-state index contributed by atoms with van der Waals surface area (Å²) in [6.07, 6.45) is 1.91. The number of nitrogens with zero attached hydrogens (tertiary/aromatic N) is 2. The zero-order valence-corrected chi connectivity index (χ0v) is 21.0. The van der Waals surface area contributed by atoms with E-state index in [1.54, 1.807) is 4.90 Å². The maximum absolute atomic E-state index is 12.3. The summed E-state index contributed by atoms with van der Waals surface area (Å²) in [5.41, 5.74) is 4.41. The van der Waals surface area contributed by atoms with Gasteiger partial charge in [0.05, 0.1) is 6.61 Å². The lowest BCUT2D eigenvalue weighted by atomic mass is 10.00. The Bertz CT molecular complexity index is 942. The average molecular weight is 467 g/mol. The van der Waals surface area contributed by atoms with Gasteiger partial charge in [-0.25, -0.2) is 4.79 Å². The van der Waals surface area contributed by atoms with Crippen LogP contribution in [0.4, 0.5) is 4.79 Å². The number of carbonyl (C=O) groups is 2. The molecule has 0 unspecified atom stereocenters. The second-order valence-electron chi connectivity index (χ2n) is 9.80. The third-order valence-electron chi connectivity index (χ3n) is 5.80. The van der Waals surface area contributed by atoms with E-state index in [-0.39, 0.29) is 12.1 Å². The number of amides is 1. The Labute approximate surface area is 203 Å². The summed E-state index contributed by atoms with van der Waals surface area (Å²) in [6.45, 7) is 11.9. The summed E-state index contributed by atoms with van der Waals surface area (Å²) < 4.78 is 10.5. The lowest BCUT2D eigenvalue weighted by Crippen LogP contribution is -2.49. The third kappa shape index (κ3) is 8.17. The Morgan fingerprint density at radius 2 is 1.62 bits per heavy atom. The highest BCUT2D eigenvalue weighted by atomic mass is 16.6. The van der Waals surface area contributed by atoms with Gasteiger partial charge in [0.25, 0.3) is 0 Å². The van der Waals surface area contributed by atoms with Gasteiger partial charge in [-0.2, -0.15) is 0 Å². The van der Waals surface area contributed by atoms with Crippen LogP contribution in [-0.2, 0) is 27.2 Å². The van der Waals surface area contributed by atoms with E-state index in [0.29, 0.717) is 26.1 Å². The lowest BCUT2D eigenvalue weighted by molar-refractivity contribution is -0.143. The van der Waals surface area contributed by atoms with Crippen molar-refractivity contribution in [3.63, 3.8) is 0 Å². The highest BCUT2D eigenvalue weighted by Gasteiger charge is 2.25. The van der Waals surface area contributed by atoms with Gasteiger partial charge in [-0.3, -0.25) is 9.69 Å². The zero-order chi connectivity index (χ0) is 24.6. The summed E-state index contributed by atoms with van der Waals surface area (Å²) in [6, 6.07) is 17.2. The maximum Gasteiger partial charge on any atom is 0.410 e. The second-order valence-corrected chi connectivity index (χ2v) is 9.80. The van der Waals surface area contributed by atoms with Crippen LogP contribution in [0.15, 0.2) is 48.5 Å². The van der Waals surface area contributed by atoms with Gasteiger partial charge in [-0.15, -0.1) is 0 Å². The first-order valence-corrected chi connectivity index (χ1v) is 12.3. The molecular weight excluding hydrogens is 428 g/mol. The molecule has 0 aromatic heterocycles. The van der Waals surface area contributed by atoms with Gasteiger partial charge < -0.3 is 14.4 Å². The van der Waals surface area contributed by atoms with E-state index < -0.39 is 5.60 Å². The van der Waals surface area contributed by atoms with Crippen LogP contribution in [0.2, 0.25) is 0 Å². The van der Waals surface area contributed by atoms with E-state index in [1.807, 2.05) is 27.7 Å². The zero-order valence-electron chi connectivity index (χ0n) is 21.0. The molecule has 0 bridgehead atoms. The normalized spacial score (nSPS) is 14.6. The summed E-state index contributed by atoms with van der Waals surface area (Å²) >= 11 is 0. The molecule has 6 heteroatoms. The fourth-order valence-corrected chi connectivity index (χ4v) is 4.06. The molecule has 0 radical (unpaired) electrons. The number of piperazine rings is 1. The van der Waals surface area contributed by atoms with Crippen molar-refractivity contribution in [3.05, 3.63) is 59.7 Å². The fourth-order valence-electron chi connectivity index (χ4n) is 4.06. The van der Waals surface area contributed by atoms with Gasteiger partial charge in [0.2, 0.25) is 0 Å². The molecule has 1 aliphatic heterocycles. The van der Waals surface area contributed by atoms with Crippen LogP contribution in [0.1, 0.15) is 51.7 Å². The molecule has 184 valence electrons. The molecule has 3 rings (SSSR count). The molecule has 2 aromatic carbocycles. The molecular formula is C28H38N2O4. The molecule has 6 nitrogen and oxygen atoms in total. The van der Waals surface area contributed by atoms with Crippen LogP contribution >= 0.6 is 0 Å². The molecule has 2 aromatic rings. The van der Waals surface area contributed by atoms with E-state index in [2.05, 4.69) is 53.4 Å². The topological polar surface area (TPSA) is 59.1 Å². The molecule has 1 saturated heterocycles. The molecule has 34 heavy (non-hydrogen) atoms. The molecule has 1 amide bonds. The molecule has 1 fully saturated rings. The van der Waals surface area contributed by atoms with Gasteiger partial charge in [-0.1, -0.05) is 42.5 Å².